The molecule has 6 rings (SSSR count). The van der Waals surface area contributed by atoms with Gasteiger partial charge in [0.25, 0.3) is 0 Å². The molecule has 1 aromatic carbocycles. The Hall–Kier alpha value is -3.32. The van der Waals surface area contributed by atoms with Crippen molar-refractivity contribution in [2.75, 3.05) is 5.73 Å². The van der Waals surface area contributed by atoms with Crippen molar-refractivity contribution < 1.29 is 4.39 Å². The lowest BCUT2D eigenvalue weighted by Gasteiger charge is -2.28. The van der Waals surface area contributed by atoms with Crippen LogP contribution in [0.1, 0.15) is 37.3 Å². The first-order valence-corrected chi connectivity index (χ1v) is 10.8. The second kappa shape index (κ2) is 7.13. The van der Waals surface area contributed by atoms with Gasteiger partial charge >= 0.3 is 0 Å². The molecule has 5 heterocycles. The number of nitrogens with one attached hydrogen (secondary N) is 1. The van der Waals surface area contributed by atoms with Crippen LogP contribution in [0.5, 0.6) is 0 Å². The van der Waals surface area contributed by atoms with Gasteiger partial charge in [-0.05, 0) is 43.9 Å². The van der Waals surface area contributed by atoms with Crippen molar-refractivity contribution in [2.45, 2.75) is 43.7 Å². The number of hydrogen-bond acceptors (Lipinski definition) is 5. The number of piperidine rings is 1. The Kier molecular flexibility index (Phi) is 4.24. The van der Waals surface area contributed by atoms with Crippen molar-refractivity contribution in [3.8, 4) is 22.4 Å². The predicted octanol–water partition coefficient (Wildman–Crippen LogP) is 4.18. The summed E-state index contributed by atoms with van der Waals surface area (Å²) in [6, 6.07) is 13.6. The van der Waals surface area contributed by atoms with Crippen LogP contribution in [-0.2, 0) is 0 Å². The van der Waals surface area contributed by atoms with Gasteiger partial charge in [-0.2, -0.15) is 9.61 Å². The average Bonchev–Trinajstić information content (AvgIpc) is 3.37. The number of rotatable bonds is 3. The van der Waals surface area contributed by atoms with E-state index in [4.69, 9.17) is 10.7 Å². The van der Waals surface area contributed by atoms with Crippen LogP contribution >= 0.6 is 0 Å². The van der Waals surface area contributed by atoms with E-state index in [-0.39, 0.29) is 5.82 Å². The molecule has 0 saturated carbocycles. The number of fused-ring (bicyclic) bond motifs is 3. The van der Waals surface area contributed by atoms with Crippen LogP contribution < -0.4 is 11.1 Å². The van der Waals surface area contributed by atoms with Crippen molar-refractivity contribution >= 4 is 11.5 Å². The largest absolute Gasteiger partial charge is 0.384 e. The molecule has 7 heteroatoms. The van der Waals surface area contributed by atoms with E-state index < -0.39 is 0 Å². The molecule has 156 valence electrons. The fraction of sp³-hybridized carbons (Fsp3) is 0.292. The Morgan fingerprint density at radius 2 is 1.81 bits per heavy atom. The maximum absolute atomic E-state index is 14.1. The van der Waals surface area contributed by atoms with E-state index in [1.807, 2.05) is 18.2 Å². The molecule has 4 aromatic rings. The number of nitrogens with two attached hydrogens (primary N) is 1. The van der Waals surface area contributed by atoms with E-state index in [1.54, 1.807) is 35.1 Å². The summed E-state index contributed by atoms with van der Waals surface area (Å²) < 4.78 is 15.8. The van der Waals surface area contributed by atoms with Gasteiger partial charge in [0.05, 0.1) is 11.9 Å². The summed E-state index contributed by atoms with van der Waals surface area (Å²) in [7, 11) is 0. The van der Waals surface area contributed by atoms with Crippen LogP contribution in [0, 0.1) is 5.82 Å². The molecule has 31 heavy (non-hydrogen) atoms. The topological polar surface area (TPSA) is 81.1 Å². The second-order valence-electron chi connectivity index (χ2n) is 8.62. The molecule has 6 nitrogen and oxygen atoms in total. The van der Waals surface area contributed by atoms with E-state index in [0.717, 1.165) is 35.3 Å². The van der Waals surface area contributed by atoms with Crippen molar-refractivity contribution in [3.05, 3.63) is 66.4 Å². The Morgan fingerprint density at radius 3 is 2.55 bits per heavy atom. The molecule has 0 aliphatic carbocycles. The van der Waals surface area contributed by atoms with Gasteiger partial charge in [-0.25, -0.2) is 9.37 Å². The van der Waals surface area contributed by atoms with Gasteiger partial charge in [0.15, 0.2) is 5.65 Å². The van der Waals surface area contributed by atoms with E-state index in [1.165, 1.54) is 18.9 Å². The summed E-state index contributed by atoms with van der Waals surface area (Å²) in [6.07, 6.45) is 8.21. The van der Waals surface area contributed by atoms with E-state index in [9.17, 15) is 4.39 Å². The van der Waals surface area contributed by atoms with Gasteiger partial charge in [-0.3, -0.25) is 4.98 Å². The van der Waals surface area contributed by atoms with Gasteiger partial charge < -0.3 is 11.1 Å². The molecular weight excluding hydrogens is 391 g/mol. The van der Waals surface area contributed by atoms with Crippen LogP contribution in [-0.4, -0.2) is 31.7 Å². The third kappa shape index (κ3) is 3.16. The Morgan fingerprint density at radius 1 is 1.00 bits per heavy atom. The summed E-state index contributed by atoms with van der Waals surface area (Å²) in [6.45, 7) is 0. The molecule has 3 atom stereocenters. The lowest BCUT2D eigenvalue weighted by atomic mass is 9.89. The van der Waals surface area contributed by atoms with Gasteiger partial charge in [0.2, 0.25) is 0 Å². The first-order chi connectivity index (χ1) is 15.2. The number of anilines is 1. The van der Waals surface area contributed by atoms with E-state index in [0.29, 0.717) is 35.1 Å². The molecule has 2 saturated heterocycles. The number of pyridine rings is 1. The number of benzene rings is 1. The number of nitrogens with zero attached hydrogens (tertiary/aromatic N) is 4. The first kappa shape index (κ1) is 18.4. The summed E-state index contributed by atoms with van der Waals surface area (Å²) in [4.78, 5) is 9.48. The Bertz CT molecular complexity index is 1250. The predicted molar refractivity (Wildman–Crippen MR) is 118 cm³/mol. The SMILES string of the molecule is Nc1cc([C@@H]2C[C@H]3CC[C@@H](C2)N3)nc2c(-c3ccc(-c4ccccc4F)nc3)cnn12. The molecule has 2 aliphatic heterocycles. The lowest BCUT2D eigenvalue weighted by Crippen LogP contribution is -2.37. The van der Waals surface area contributed by atoms with Crippen LogP contribution in [0.4, 0.5) is 10.2 Å². The summed E-state index contributed by atoms with van der Waals surface area (Å²) >= 11 is 0. The Balaban J connectivity index is 1.38. The van der Waals surface area contributed by atoms with E-state index >= 15 is 0 Å². The van der Waals surface area contributed by atoms with Crippen LogP contribution in [0.2, 0.25) is 0 Å². The third-order valence-electron chi connectivity index (χ3n) is 6.63. The van der Waals surface area contributed by atoms with Crippen molar-refractivity contribution in [1.82, 2.24) is 24.9 Å². The number of hydrogen-bond donors (Lipinski definition) is 2. The molecular formula is C24H23FN6. The molecule has 0 unspecified atom stereocenters. The van der Waals surface area contributed by atoms with Crippen molar-refractivity contribution in [1.29, 1.82) is 0 Å². The third-order valence-corrected chi connectivity index (χ3v) is 6.63. The smallest absolute Gasteiger partial charge is 0.165 e. The molecule has 0 amide bonds. The highest BCUT2D eigenvalue weighted by Crippen LogP contribution is 2.38. The minimum atomic E-state index is -0.284. The van der Waals surface area contributed by atoms with Crippen molar-refractivity contribution in [3.63, 3.8) is 0 Å². The highest BCUT2D eigenvalue weighted by molar-refractivity contribution is 5.78. The number of halogens is 1. The van der Waals surface area contributed by atoms with E-state index in [2.05, 4.69) is 15.4 Å². The molecule has 2 fully saturated rings. The minimum absolute atomic E-state index is 0.284. The molecule has 3 aromatic heterocycles. The van der Waals surface area contributed by atoms with Crippen LogP contribution in [0.25, 0.3) is 28.0 Å². The zero-order chi connectivity index (χ0) is 20.9. The van der Waals surface area contributed by atoms with Crippen molar-refractivity contribution in [2.24, 2.45) is 0 Å². The maximum atomic E-state index is 14.1. The van der Waals surface area contributed by atoms with Gasteiger partial charge in [0.1, 0.15) is 11.6 Å². The van der Waals surface area contributed by atoms with Crippen LogP contribution in [0.3, 0.4) is 0 Å². The summed E-state index contributed by atoms with van der Waals surface area (Å²) in [5.74, 6) is 0.720. The normalized spacial score (nSPS) is 22.8. The number of nitrogen functional groups attached to an aromatic ring is 1. The highest BCUT2D eigenvalue weighted by atomic mass is 19.1. The number of aromatic nitrogens is 4. The van der Waals surface area contributed by atoms with Gasteiger partial charge in [0, 0.05) is 52.6 Å². The fourth-order valence-electron chi connectivity index (χ4n) is 5.10. The highest BCUT2D eigenvalue weighted by Gasteiger charge is 2.35. The zero-order valence-electron chi connectivity index (χ0n) is 17.0. The van der Waals surface area contributed by atoms with Gasteiger partial charge in [-0.1, -0.05) is 18.2 Å². The molecule has 3 N–H and O–H groups in total. The Labute approximate surface area is 179 Å². The monoisotopic (exact) mass is 414 g/mol. The summed E-state index contributed by atoms with van der Waals surface area (Å²) in [5.41, 5.74) is 11.0. The zero-order valence-corrected chi connectivity index (χ0v) is 17.0. The molecule has 2 aliphatic rings. The average molecular weight is 414 g/mol. The molecule has 2 bridgehead atoms. The lowest BCUT2D eigenvalue weighted by molar-refractivity contribution is 0.359. The molecule has 0 spiro atoms. The minimum Gasteiger partial charge on any atom is -0.384 e. The maximum Gasteiger partial charge on any atom is 0.165 e. The molecule has 0 radical (unpaired) electrons. The standard InChI is InChI=1S/C24H23FN6/c25-20-4-2-1-3-18(20)21-8-5-14(12-27-21)19-13-28-31-23(26)11-22(30-24(19)31)15-9-16-6-7-17(10-15)29-16/h1-5,8,11-13,15-17,29H,6-7,9-10,26H2/t15-,16-,17+. The summed E-state index contributed by atoms with van der Waals surface area (Å²) in [5, 5.41) is 8.13. The van der Waals surface area contributed by atoms with Gasteiger partial charge in [-0.15, -0.1) is 0 Å². The fourth-order valence-corrected chi connectivity index (χ4v) is 5.10. The second-order valence-corrected chi connectivity index (χ2v) is 8.62. The first-order valence-electron chi connectivity index (χ1n) is 10.8. The van der Waals surface area contributed by atoms with Crippen LogP contribution in [0.15, 0.2) is 54.9 Å². The quantitative estimate of drug-likeness (QED) is 0.526.